The van der Waals surface area contributed by atoms with Crippen LogP contribution in [0.25, 0.3) is 0 Å². The Morgan fingerprint density at radius 3 is 2.75 bits per heavy atom. The fraction of sp³-hybridized carbons (Fsp3) is 0.200. The van der Waals surface area contributed by atoms with E-state index in [0.717, 1.165) is 18.7 Å². The third-order valence-corrected chi connectivity index (χ3v) is 4.58. The van der Waals surface area contributed by atoms with Crippen molar-refractivity contribution in [2.45, 2.75) is 0 Å². The molecule has 2 aliphatic heterocycles. The van der Waals surface area contributed by atoms with Crippen LogP contribution in [0.2, 0.25) is 0 Å². The van der Waals surface area contributed by atoms with Gasteiger partial charge in [-0.25, -0.2) is 0 Å². The zero-order valence-electron chi connectivity index (χ0n) is 10.8. The Hall–Kier alpha value is -1.85. The topological polar surface area (TPSA) is 80.0 Å². The third-order valence-electron chi connectivity index (χ3n) is 3.46. The number of rotatable bonds is 3. The molecule has 0 atom stereocenters. The molecule has 1 aromatic carbocycles. The van der Waals surface area contributed by atoms with Crippen molar-refractivity contribution in [1.29, 1.82) is 10.8 Å². The van der Waals surface area contributed by atoms with Crippen LogP contribution >= 0.6 is 11.8 Å². The highest BCUT2D eigenvalue weighted by Gasteiger charge is 2.27. The summed E-state index contributed by atoms with van der Waals surface area (Å²) >= 11 is 1.48. The number of hydrogen-bond acceptors (Lipinski definition) is 5. The first-order valence-corrected chi connectivity index (χ1v) is 7.24. The molecule has 102 valence electrons. The monoisotopic (exact) mass is 285 g/mol. The molecular weight excluding hydrogens is 270 g/mol. The van der Waals surface area contributed by atoms with Gasteiger partial charge in [-0.2, -0.15) is 0 Å². The summed E-state index contributed by atoms with van der Waals surface area (Å²) in [6.45, 7) is 1.94. The van der Waals surface area contributed by atoms with E-state index in [9.17, 15) is 5.11 Å². The minimum atomic E-state index is 0.0962. The molecule has 2 aliphatic rings. The molecule has 2 heterocycles. The first-order valence-electron chi connectivity index (χ1n) is 6.43. The minimum Gasteiger partial charge on any atom is -0.507 e. The van der Waals surface area contributed by atoms with Crippen molar-refractivity contribution in [2.24, 2.45) is 5.92 Å². The fourth-order valence-corrected chi connectivity index (χ4v) is 3.15. The SMILES string of the molecule is N=C1SC(C2CNC2)=C/C1=C/C(=N)c1ccccc1O. The Balaban J connectivity index is 1.84. The molecule has 0 saturated carbocycles. The highest BCUT2D eigenvalue weighted by atomic mass is 32.2. The average molecular weight is 285 g/mol. The molecular formula is C15H15N3OS. The van der Waals surface area contributed by atoms with Crippen molar-refractivity contribution in [3.05, 3.63) is 52.5 Å². The minimum absolute atomic E-state index is 0.0962. The van der Waals surface area contributed by atoms with Crippen LogP contribution in [0, 0.1) is 16.7 Å². The van der Waals surface area contributed by atoms with Gasteiger partial charge in [-0.3, -0.25) is 5.41 Å². The predicted molar refractivity (Wildman–Crippen MR) is 82.8 cm³/mol. The van der Waals surface area contributed by atoms with Gasteiger partial charge in [0.25, 0.3) is 0 Å². The Kier molecular flexibility index (Phi) is 3.46. The van der Waals surface area contributed by atoms with Crippen LogP contribution in [0.5, 0.6) is 5.75 Å². The van der Waals surface area contributed by atoms with Gasteiger partial charge in [0, 0.05) is 30.1 Å². The van der Waals surface area contributed by atoms with Crippen LogP contribution in [-0.4, -0.2) is 29.0 Å². The lowest BCUT2D eigenvalue weighted by molar-refractivity contribution is 0.414. The lowest BCUT2D eigenvalue weighted by Gasteiger charge is -2.27. The zero-order valence-corrected chi connectivity index (χ0v) is 11.6. The number of phenolic OH excluding ortho intramolecular Hbond substituents is 1. The van der Waals surface area contributed by atoms with Crippen LogP contribution in [-0.2, 0) is 0 Å². The van der Waals surface area contributed by atoms with E-state index >= 15 is 0 Å². The summed E-state index contributed by atoms with van der Waals surface area (Å²) in [6, 6.07) is 6.80. The summed E-state index contributed by atoms with van der Waals surface area (Å²) in [5.41, 5.74) is 1.47. The molecule has 0 aliphatic carbocycles. The van der Waals surface area contributed by atoms with Crippen molar-refractivity contribution < 1.29 is 5.11 Å². The second-order valence-electron chi connectivity index (χ2n) is 4.86. The maximum Gasteiger partial charge on any atom is 0.124 e. The molecule has 1 fully saturated rings. The second-order valence-corrected chi connectivity index (χ2v) is 5.95. The van der Waals surface area contributed by atoms with Gasteiger partial charge in [0.1, 0.15) is 5.75 Å². The molecule has 4 N–H and O–H groups in total. The standard InChI is InChI=1S/C15H15N3OS/c16-12(11-3-1-2-4-13(11)19)5-9-6-14(20-15(9)17)10-7-18-8-10/h1-6,10,16-19H,7-8H2/b9-5-,16-12?,17-15?. The maximum atomic E-state index is 9.76. The Labute approximate surface area is 121 Å². The predicted octanol–water partition coefficient (Wildman–Crippen LogP) is 2.51. The van der Waals surface area contributed by atoms with Crippen molar-refractivity contribution in [1.82, 2.24) is 5.32 Å². The van der Waals surface area contributed by atoms with Crippen molar-refractivity contribution in [3.8, 4) is 5.75 Å². The number of allylic oxidation sites excluding steroid dienone is 2. The number of thioether (sulfide) groups is 1. The highest BCUT2D eigenvalue weighted by molar-refractivity contribution is 8.18. The normalized spacial score (nSPS) is 20.9. The van der Waals surface area contributed by atoms with Gasteiger partial charge in [0.2, 0.25) is 0 Å². The third kappa shape index (κ3) is 2.42. The van der Waals surface area contributed by atoms with E-state index in [4.69, 9.17) is 10.8 Å². The largest absolute Gasteiger partial charge is 0.507 e. The first-order chi connectivity index (χ1) is 9.65. The summed E-state index contributed by atoms with van der Waals surface area (Å²) in [7, 11) is 0. The molecule has 4 nitrogen and oxygen atoms in total. The molecule has 0 spiro atoms. The van der Waals surface area contributed by atoms with Gasteiger partial charge >= 0.3 is 0 Å². The first kappa shape index (κ1) is 13.1. The van der Waals surface area contributed by atoms with Crippen molar-refractivity contribution in [2.75, 3.05) is 13.1 Å². The molecule has 0 bridgehead atoms. The van der Waals surface area contributed by atoms with E-state index in [1.165, 1.54) is 16.7 Å². The lowest BCUT2D eigenvalue weighted by Crippen LogP contribution is -2.42. The van der Waals surface area contributed by atoms with Gasteiger partial charge in [0.05, 0.1) is 10.8 Å². The number of aromatic hydroxyl groups is 1. The molecule has 0 radical (unpaired) electrons. The van der Waals surface area contributed by atoms with Crippen LogP contribution in [0.4, 0.5) is 0 Å². The van der Waals surface area contributed by atoms with E-state index in [2.05, 4.69) is 5.32 Å². The number of benzene rings is 1. The number of phenols is 1. The molecule has 0 aromatic heterocycles. The smallest absolute Gasteiger partial charge is 0.124 e. The van der Waals surface area contributed by atoms with Crippen LogP contribution < -0.4 is 5.32 Å². The van der Waals surface area contributed by atoms with E-state index in [0.29, 0.717) is 16.5 Å². The molecule has 20 heavy (non-hydrogen) atoms. The van der Waals surface area contributed by atoms with Crippen molar-refractivity contribution in [3.63, 3.8) is 0 Å². The number of hydrogen-bond donors (Lipinski definition) is 4. The average Bonchev–Trinajstić information content (AvgIpc) is 2.68. The van der Waals surface area contributed by atoms with E-state index < -0.39 is 0 Å². The molecule has 0 amide bonds. The Bertz CT molecular complexity index is 644. The summed E-state index contributed by atoms with van der Waals surface area (Å²) in [5.74, 6) is 0.601. The van der Waals surface area contributed by atoms with Crippen molar-refractivity contribution >= 4 is 22.5 Å². The summed E-state index contributed by atoms with van der Waals surface area (Å²) in [6.07, 6.45) is 3.65. The van der Waals surface area contributed by atoms with Crippen LogP contribution in [0.1, 0.15) is 5.56 Å². The lowest BCUT2D eigenvalue weighted by atomic mass is 10.0. The molecule has 0 unspecified atom stereocenters. The Morgan fingerprint density at radius 2 is 2.10 bits per heavy atom. The fourth-order valence-electron chi connectivity index (χ4n) is 2.16. The van der Waals surface area contributed by atoms with E-state index in [1.807, 2.05) is 6.08 Å². The quantitative estimate of drug-likeness (QED) is 0.644. The highest BCUT2D eigenvalue weighted by Crippen LogP contribution is 2.37. The van der Waals surface area contributed by atoms with Crippen LogP contribution in [0.3, 0.4) is 0 Å². The van der Waals surface area contributed by atoms with Gasteiger partial charge in [0.15, 0.2) is 0 Å². The van der Waals surface area contributed by atoms with E-state index in [-0.39, 0.29) is 11.5 Å². The maximum absolute atomic E-state index is 9.76. The summed E-state index contributed by atoms with van der Waals surface area (Å²) < 4.78 is 0. The van der Waals surface area contributed by atoms with Crippen LogP contribution in [0.15, 0.2) is 46.9 Å². The zero-order chi connectivity index (χ0) is 14.1. The Morgan fingerprint density at radius 1 is 1.35 bits per heavy atom. The summed E-state index contributed by atoms with van der Waals surface area (Å²) in [5, 5.41) is 29.5. The number of para-hydroxylation sites is 1. The van der Waals surface area contributed by atoms with Gasteiger partial charge in [-0.1, -0.05) is 23.9 Å². The number of nitrogens with one attached hydrogen (secondary N) is 3. The summed E-state index contributed by atoms with van der Waals surface area (Å²) in [4.78, 5) is 1.20. The van der Waals surface area contributed by atoms with E-state index in [1.54, 1.807) is 30.3 Å². The van der Waals surface area contributed by atoms with Gasteiger partial charge in [-0.15, -0.1) is 0 Å². The van der Waals surface area contributed by atoms with Gasteiger partial charge < -0.3 is 15.8 Å². The molecule has 1 aromatic rings. The second kappa shape index (κ2) is 5.26. The molecule has 5 heteroatoms. The molecule has 1 saturated heterocycles. The van der Waals surface area contributed by atoms with Gasteiger partial charge in [-0.05, 0) is 29.2 Å². The molecule has 3 rings (SSSR count).